The molecule has 3 aromatic carbocycles. The van der Waals surface area contributed by atoms with Crippen LogP contribution in [0.3, 0.4) is 0 Å². The molecule has 0 aliphatic rings. The van der Waals surface area contributed by atoms with E-state index >= 15 is 0 Å². The molecular weight excluding hydrogens is 468 g/mol. The topological polar surface area (TPSA) is 116 Å². The van der Waals surface area contributed by atoms with E-state index in [1.165, 1.54) is 0 Å². The lowest BCUT2D eigenvalue weighted by Gasteiger charge is -2.14. The van der Waals surface area contributed by atoms with Crippen LogP contribution in [-0.2, 0) is 13.0 Å². The first-order chi connectivity index (χ1) is 17.8. The highest BCUT2D eigenvalue weighted by molar-refractivity contribution is 5.87. The van der Waals surface area contributed by atoms with Crippen LogP contribution >= 0.6 is 0 Å². The maximum absolute atomic E-state index is 11.1. The van der Waals surface area contributed by atoms with Gasteiger partial charge in [-0.2, -0.15) is 5.26 Å². The van der Waals surface area contributed by atoms with E-state index in [1.807, 2.05) is 75.7 Å². The van der Waals surface area contributed by atoms with Gasteiger partial charge in [0.05, 0.1) is 16.7 Å². The SMILES string of the molecule is CCc1nc2c(C)cc(N=C(NC#N)N(C)C)cc2n1Cc1ccc(-c2ccccc2OC(=O)O)cc1. The van der Waals surface area contributed by atoms with Gasteiger partial charge in [-0.15, -0.1) is 0 Å². The fraction of sp³-hybridized carbons (Fsp3) is 0.214. The molecule has 0 aliphatic carbocycles. The zero-order valence-electron chi connectivity index (χ0n) is 21.2. The molecule has 0 radical (unpaired) electrons. The zero-order chi connectivity index (χ0) is 26.5. The summed E-state index contributed by atoms with van der Waals surface area (Å²) >= 11 is 0. The van der Waals surface area contributed by atoms with Crippen molar-refractivity contribution in [3.8, 4) is 23.1 Å². The minimum Gasteiger partial charge on any atom is -0.449 e. The zero-order valence-corrected chi connectivity index (χ0v) is 21.2. The van der Waals surface area contributed by atoms with Crippen molar-refractivity contribution in [2.24, 2.45) is 4.99 Å². The minimum absolute atomic E-state index is 0.295. The highest BCUT2D eigenvalue weighted by atomic mass is 16.7. The number of imidazole rings is 1. The number of hydrogen-bond acceptors (Lipinski definition) is 5. The van der Waals surface area contributed by atoms with Crippen LogP contribution in [-0.4, -0.2) is 45.8 Å². The van der Waals surface area contributed by atoms with Crippen molar-refractivity contribution in [1.29, 1.82) is 5.26 Å². The maximum Gasteiger partial charge on any atom is 0.511 e. The van der Waals surface area contributed by atoms with Crippen LogP contribution in [0, 0.1) is 18.4 Å². The summed E-state index contributed by atoms with van der Waals surface area (Å²) in [6, 6.07) is 19.0. The smallest absolute Gasteiger partial charge is 0.449 e. The number of aliphatic imine (C=N–C) groups is 1. The van der Waals surface area contributed by atoms with Crippen LogP contribution in [0.25, 0.3) is 22.2 Å². The van der Waals surface area contributed by atoms with Gasteiger partial charge in [-0.05, 0) is 41.8 Å². The summed E-state index contributed by atoms with van der Waals surface area (Å²) in [5.74, 6) is 1.71. The summed E-state index contributed by atoms with van der Waals surface area (Å²) in [6.07, 6.45) is 1.35. The number of carboxylic acid groups (broad SMARTS) is 1. The van der Waals surface area contributed by atoms with Gasteiger partial charge in [0.15, 0.2) is 6.19 Å². The van der Waals surface area contributed by atoms with E-state index in [2.05, 4.69) is 21.8 Å². The molecule has 1 heterocycles. The van der Waals surface area contributed by atoms with Gasteiger partial charge >= 0.3 is 6.16 Å². The molecule has 0 amide bonds. The standard InChI is InChI=1S/C28H28N6O3/c1-5-25-32-26-18(2)14-21(31-27(30-17-29)33(3)4)15-23(26)34(25)16-19-10-12-20(13-11-19)22-8-6-7-9-24(22)37-28(35)36/h6-15H,5,16H2,1-4H3,(H,30,31)(H,35,36). The van der Waals surface area contributed by atoms with Gasteiger partial charge in [0.1, 0.15) is 11.6 Å². The summed E-state index contributed by atoms with van der Waals surface area (Å²) in [4.78, 5) is 22.3. The Kier molecular flexibility index (Phi) is 7.39. The molecule has 0 saturated carbocycles. The van der Waals surface area contributed by atoms with Crippen molar-refractivity contribution in [1.82, 2.24) is 19.8 Å². The van der Waals surface area contributed by atoms with Gasteiger partial charge in [0, 0.05) is 32.6 Å². The van der Waals surface area contributed by atoms with Crippen molar-refractivity contribution in [3.05, 3.63) is 77.6 Å². The summed E-state index contributed by atoms with van der Waals surface area (Å²) in [7, 11) is 3.65. The number of carbonyl (C=O) groups is 1. The van der Waals surface area contributed by atoms with Gasteiger partial charge < -0.3 is 19.3 Å². The van der Waals surface area contributed by atoms with Crippen molar-refractivity contribution in [2.75, 3.05) is 14.1 Å². The lowest BCUT2D eigenvalue weighted by Crippen LogP contribution is -2.32. The van der Waals surface area contributed by atoms with Crippen LogP contribution in [0.15, 0.2) is 65.7 Å². The number of nitrogens with zero attached hydrogens (tertiary/aromatic N) is 5. The number of fused-ring (bicyclic) bond motifs is 1. The summed E-state index contributed by atoms with van der Waals surface area (Å²) in [5, 5.41) is 20.7. The molecule has 0 aliphatic heterocycles. The number of aryl methyl sites for hydroxylation is 2. The third-order valence-electron chi connectivity index (χ3n) is 5.94. The Morgan fingerprint density at radius 2 is 1.92 bits per heavy atom. The molecule has 0 bridgehead atoms. The molecule has 0 spiro atoms. The second kappa shape index (κ2) is 10.8. The predicted octanol–water partition coefficient (Wildman–Crippen LogP) is 5.30. The average Bonchev–Trinajstić information content (AvgIpc) is 3.22. The molecule has 4 rings (SSSR count). The number of hydrogen-bond donors (Lipinski definition) is 2. The second-order valence-electron chi connectivity index (χ2n) is 8.73. The Labute approximate surface area is 215 Å². The van der Waals surface area contributed by atoms with E-state index in [0.717, 1.165) is 45.7 Å². The van der Waals surface area contributed by atoms with Crippen LogP contribution < -0.4 is 10.1 Å². The Morgan fingerprint density at radius 1 is 1.19 bits per heavy atom. The third kappa shape index (κ3) is 5.54. The minimum atomic E-state index is -1.34. The van der Waals surface area contributed by atoms with E-state index in [4.69, 9.17) is 20.1 Å². The largest absolute Gasteiger partial charge is 0.511 e. The summed E-state index contributed by atoms with van der Waals surface area (Å²) in [5.41, 5.74) is 6.26. The first-order valence-electron chi connectivity index (χ1n) is 11.8. The molecule has 0 fully saturated rings. The second-order valence-corrected chi connectivity index (χ2v) is 8.73. The summed E-state index contributed by atoms with van der Waals surface area (Å²) < 4.78 is 7.13. The number of rotatable bonds is 6. The first-order valence-corrected chi connectivity index (χ1v) is 11.8. The van der Waals surface area contributed by atoms with Crippen LogP contribution in [0.2, 0.25) is 0 Å². The fourth-order valence-corrected chi connectivity index (χ4v) is 4.21. The number of nitriles is 1. The highest BCUT2D eigenvalue weighted by Gasteiger charge is 2.15. The number of ether oxygens (including phenoxy) is 1. The van der Waals surface area contributed by atoms with Crippen molar-refractivity contribution < 1.29 is 14.6 Å². The van der Waals surface area contributed by atoms with Crippen molar-refractivity contribution in [2.45, 2.75) is 26.8 Å². The van der Waals surface area contributed by atoms with E-state index in [0.29, 0.717) is 23.8 Å². The molecule has 9 nitrogen and oxygen atoms in total. The van der Waals surface area contributed by atoms with E-state index in [1.54, 1.807) is 17.0 Å². The molecule has 4 aromatic rings. The van der Waals surface area contributed by atoms with Gasteiger partial charge in [-0.1, -0.05) is 49.4 Å². The Morgan fingerprint density at radius 3 is 2.57 bits per heavy atom. The van der Waals surface area contributed by atoms with Gasteiger partial charge in [0.25, 0.3) is 0 Å². The lowest BCUT2D eigenvalue weighted by atomic mass is 10.0. The Hall–Kier alpha value is -4.84. The van der Waals surface area contributed by atoms with Crippen molar-refractivity contribution >= 4 is 28.8 Å². The number of aromatic nitrogens is 2. The van der Waals surface area contributed by atoms with E-state index in [9.17, 15) is 4.79 Å². The Balaban J connectivity index is 1.71. The Bertz CT molecular complexity index is 1510. The monoisotopic (exact) mass is 496 g/mol. The fourth-order valence-electron chi connectivity index (χ4n) is 4.21. The molecule has 0 unspecified atom stereocenters. The number of nitrogens with one attached hydrogen (secondary N) is 1. The lowest BCUT2D eigenvalue weighted by molar-refractivity contribution is 0.144. The van der Waals surface area contributed by atoms with Crippen LogP contribution in [0.1, 0.15) is 23.9 Å². The summed E-state index contributed by atoms with van der Waals surface area (Å²) in [6.45, 7) is 4.70. The predicted molar refractivity (Wildman–Crippen MR) is 143 cm³/mol. The van der Waals surface area contributed by atoms with Gasteiger partial charge in [-0.25, -0.2) is 14.8 Å². The van der Waals surface area contributed by atoms with Crippen molar-refractivity contribution in [3.63, 3.8) is 0 Å². The first kappa shape index (κ1) is 25.3. The van der Waals surface area contributed by atoms with Gasteiger partial charge in [0.2, 0.25) is 5.96 Å². The van der Waals surface area contributed by atoms with E-state index < -0.39 is 6.16 Å². The molecule has 188 valence electrons. The molecule has 2 N–H and O–H groups in total. The highest BCUT2D eigenvalue weighted by Crippen LogP contribution is 2.31. The average molecular weight is 497 g/mol. The number of guanidine groups is 1. The molecular formula is C28H28N6O3. The third-order valence-corrected chi connectivity index (χ3v) is 5.94. The van der Waals surface area contributed by atoms with Crippen LogP contribution in [0.5, 0.6) is 5.75 Å². The quantitative estimate of drug-likeness (QED) is 0.0929. The maximum atomic E-state index is 11.1. The van der Waals surface area contributed by atoms with Gasteiger partial charge in [-0.3, -0.25) is 5.32 Å². The molecule has 37 heavy (non-hydrogen) atoms. The number of para-hydroxylation sites is 1. The number of benzene rings is 3. The molecule has 9 heteroatoms. The van der Waals surface area contributed by atoms with Crippen LogP contribution in [0.4, 0.5) is 10.5 Å². The molecule has 0 saturated heterocycles. The van der Waals surface area contributed by atoms with E-state index in [-0.39, 0.29) is 0 Å². The normalized spacial score (nSPS) is 11.3. The molecule has 0 atom stereocenters. The molecule has 1 aromatic heterocycles.